The van der Waals surface area contributed by atoms with Crippen LogP contribution in [-0.4, -0.2) is 104 Å². The van der Waals surface area contributed by atoms with Gasteiger partial charge in [0, 0.05) is 82.1 Å². The number of hydrogen-bond acceptors (Lipinski definition) is 11. The van der Waals surface area contributed by atoms with Crippen molar-refractivity contribution in [2.75, 3.05) is 49.9 Å². The largest absolute Gasteiger partial charge is 0.457 e. The van der Waals surface area contributed by atoms with Gasteiger partial charge in [-0.05, 0) is 91.8 Å². The van der Waals surface area contributed by atoms with Crippen molar-refractivity contribution in [3.05, 3.63) is 90.3 Å². The van der Waals surface area contributed by atoms with Crippen LogP contribution in [0.25, 0.3) is 22.3 Å². The maximum Gasteiger partial charge on any atom is 0.243 e. The van der Waals surface area contributed by atoms with Gasteiger partial charge < -0.3 is 20.3 Å². The molecule has 1 atom stereocenters. The number of hydrogen-bond donors (Lipinski definition) is 2. The number of ether oxygens (including phenoxy) is 1. The molecule has 0 bridgehead atoms. The Morgan fingerprint density at radius 1 is 0.714 bits per heavy atom. The Balaban J connectivity index is 0.721. The molecular formula is C43H48N10O3. The number of carbonyl (C=O) groups excluding carboxylic acids is 2. The fraction of sp³-hybridized carbons (Fsp3) is 0.419. The number of carbonyl (C=O) groups is 2. The predicted octanol–water partition coefficient (Wildman–Crippen LogP) is 4.98. The molecule has 5 aliphatic heterocycles. The van der Waals surface area contributed by atoms with E-state index in [4.69, 9.17) is 15.6 Å². The lowest BCUT2D eigenvalue weighted by molar-refractivity contribution is -0.137. The van der Waals surface area contributed by atoms with Crippen LogP contribution in [0.1, 0.15) is 55.7 Å². The highest BCUT2D eigenvalue weighted by Gasteiger charge is 2.38. The number of nitrogens with two attached hydrogens (primary N) is 1. The van der Waals surface area contributed by atoms with E-state index >= 15 is 0 Å². The Bertz CT molecular complexity index is 2240. The molecule has 0 aliphatic carbocycles. The van der Waals surface area contributed by atoms with Gasteiger partial charge in [-0.3, -0.25) is 24.7 Å². The lowest BCUT2D eigenvalue weighted by Gasteiger charge is -2.50. The van der Waals surface area contributed by atoms with Crippen LogP contribution in [-0.2, 0) is 22.7 Å². The number of nitrogens with one attached hydrogen (secondary N) is 1. The number of nitrogen functional groups attached to an aromatic ring is 1. The van der Waals surface area contributed by atoms with E-state index < -0.39 is 0 Å². The van der Waals surface area contributed by atoms with Gasteiger partial charge in [0.05, 0.1) is 17.5 Å². The first-order valence-electron chi connectivity index (χ1n) is 20.2. The summed E-state index contributed by atoms with van der Waals surface area (Å²) in [6, 6.07) is 25.8. The Labute approximate surface area is 326 Å². The lowest BCUT2D eigenvalue weighted by Crippen LogP contribution is -2.62. The minimum absolute atomic E-state index is 0.152. The molecule has 3 N–H and O–H groups in total. The van der Waals surface area contributed by atoms with Crippen molar-refractivity contribution in [2.45, 2.75) is 75.8 Å². The summed E-state index contributed by atoms with van der Waals surface area (Å²) in [5, 5.41) is 8.47. The standard InChI is InChI=1S/C43H48N10O3/c44-41-39-40(28-7-10-36(11-8-28)56-35-4-2-1-3-5-35)48-53(42(39)46-27-45-41)32-16-20-49(21-17-32)31-14-18-50(19-15-31)34-25-51(26-34)33-9-6-29-23-52(24-30(29)22-33)37-12-13-38(54)47-43(37)55/h1-11,22,27,31-32,34,37H,12-21,23-26H2,(H2,44,45,46)(H,47,54,55). The molecule has 2 aromatic heterocycles. The van der Waals surface area contributed by atoms with E-state index in [0.29, 0.717) is 30.7 Å². The molecule has 13 nitrogen and oxygen atoms in total. The van der Waals surface area contributed by atoms with Gasteiger partial charge in [-0.15, -0.1) is 0 Å². The Morgan fingerprint density at radius 3 is 2.16 bits per heavy atom. The number of nitrogens with zero attached hydrogens (tertiary/aromatic N) is 8. The van der Waals surface area contributed by atoms with Crippen molar-refractivity contribution in [2.24, 2.45) is 0 Å². The fourth-order valence-corrected chi connectivity index (χ4v) is 9.62. The fourth-order valence-electron chi connectivity index (χ4n) is 9.62. The summed E-state index contributed by atoms with van der Waals surface area (Å²) in [6.07, 6.45) is 7.03. The lowest BCUT2D eigenvalue weighted by atomic mass is 9.95. The smallest absolute Gasteiger partial charge is 0.243 e. The average molecular weight is 753 g/mol. The second kappa shape index (κ2) is 14.6. The van der Waals surface area contributed by atoms with E-state index in [1.54, 1.807) is 6.33 Å². The molecule has 5 aromatic rings. The van der Waals surface area contributed by atoms with Crippen molar-refractivity contribution in [1.29, 1.82) is 0 Å². The maximum absolute atomic E-state index is 12.5. The van der Waals surface area contributed by atoms with Crippen molar-refractivity contribution in [1.82, 2.24) is 39.8 Å². The van der Waals surface area contributed by atoms with Gasteiger partial charge >= 0.3 is 0 Å². The molecule has 0 radical (unpaired) electrons. The van der Waals surface area contributed by atoms with E-state index in [1.165, 1.54) is 29.7 Å². The number of para-hydroxylation sites is 1. The Hall–Kier alpha value is -5.37. The van der Waals surface area contributed by atoms with Gasteiger partial charge in [-0.1, -0.05) is 24.3 Å². The molecule has 2 amide bonds. The van der Waals surface area contributed by atoms with Crippen molar-refractivity contribution < 1.29 is 14.3 Å². The molecule has 3 aromatic carbocycles. The number of likely N-dealkylation sites (tertiary alicyclic amines) is 2. The van der Waals surface area contributed by atoms with Crippen molar-refractivity contribution in [3.8, 4) is 22.8 Å². The third-order valence-electron chi connectivity index (χ3n) is 12.8. The zero-order valence-corrected chi connectivity index (χ0v) is 31.6. The number of rotatable bonds is 8. The molecule has 7 heterocycles. The SMILES string of the molecule is Nc1ncnc2c1c(-c1ccc(Oc3ccccc3)cc1)nn2C1CCN(C2CCN(C3CN(c4ccc5c(c4)CN(C4CCC(=O)NC4=O)C5)C3)CC2)CC1. The molecule has 13 heteroatoms. The molecule has 288 valence electrons. The van der Waals surface area contributed by atoms with Gasteiger partial charge in [0.25, 0.3) is 0 Å². The quantitative estimate of drug-likeness (QED) is 0.208. The number of aromatic nitrogens is 4. The van der Waals surface area contributed by atoms with Gasteiger partial charge in [0.2, 0.25) is 11.8 Å². The van der Waals surface area contributed by atoms with Gasteiger partial charge in [0.15, 0.2) is 5.65 Å². The molecule has 1 unspecified atom stereocenters. The monoisotopic (exact) mass is 752 g/mol. The van der Waals surface area contributed by atoms with E-state index in [2.05, 4.69) is 57.8 Å². The summed E-state index contributed by atoms with van der Waals surface area (Å²) in [6.45, 7) is 8.05. The van der Waals surface area contributed by atoms with Gasteiger partial charge in [0.1, 0.15) is 29.3 Å². The Kier molecular flexibility index (Phi) is 9.15. The topological polar surface area (TPSA) is 138 Å². The predicted molar refractivity (Wildman–Crippen MR) is 214 cm³/mol. The minimum atomic E-state index is -0.220. The van der Waals surface area contributed by atoms with Gasteiger partial charge in [-0.25, -0.2) is 14.6 Å². The number of amides is 2. The number of piperidine rings is 3. The normalized spacial score (nSPS) is 22.0. The molecule has 0 saturated carbocycles. The first-order chi connectivity index (χ1) is 27.4. The van der Waals surface area contributed by atoms with Crippen LogP contribution in [0.4, 0.5) is 11.5 Å². The molecular weight excluding hydrogens is 705 g/mol. The molecule has 5 aliphatic rings. The highest BCUT2D eigenvalue weighted by Crippen LogP contribution is 2.37. The second-order valence-corrected chi connectivity index (χ2v) is 16.1. The highest BCUT2D eigenvalue weighted by atomic mass is 16.5. The Morgan fingerprint density at radius 2 is 1.41 bits per heavy atom. The zero-order chi connectivity index (χ0) is 37.8. The van der Waals surface area contributed by atoms with Crippen LogP contribution in [0.15, 0.2) is 79.1 Å². The zero-order valence-electron chi connectivity index (χ0n) is 31.6. The summed E-state index contributed by atoms with van der Waals surface area (Å²) in [5.41, 5.74) is 12.9. The van der Waals surface area contributed by atoms with Crippen LogP contribution < -0.4 is 20.7 Å². The summed E-state index contributed by atoms with van der Waals surface area (Å²) >= 11 is 0. The molecule has 56 heavy (non-hydrogen) atoms. The van der Waals surface area contributed by atoms with Crippen LogP contribution in [0.3, 0.4) is 0 Å². The summed E-state index contributed by atoms with van der Waals surface area (Å²) < 4.78 is 8.13. The first-order valence-corrected chi connectivity index (χ1v) is 20.2. The number of anilines is 2. The van der Waals surface area contributed by atoms with Crippen LogP contribution in [0.5, 0.6) is 11.5 Å². The van der Waals surface area contributed by atoms with E-state index in [0.717, 1.165) is 99.0 Å². The van der Waals surface area contributed by atoms with Gasteiger partial charge in [-0.2, -0.15) is 5.10 Å². The third-order valence-corrected chi connectivity index (χ3v) is 12.8. The summed E-state index contributed by atoms with van der Waals surface area (Å²) in [5.74, 6) is 1.70. The number of imide groups is 1. The van der Waals surface area contributed by atoms with Crippen molar-refractivity contribution in [3.63, 3.8) is 0 Å². The third kappa shape index (κ3) is 6.67. The summed E-state index contributed by atoms with van der Waals surface area (Å²) in [4.78, 5) is 43.3. The number of benzene rings is 3. The summed E-state index contributed by atoms with van der Waals surface area (Å²) in [7, 11) is 0. The minimum Gasteiger partial charge on any atom is -0.457 e. The second-order valence-electron chi connectivity index (χ2n) is 16.1. The van der Waals surface area contributed by atoms with Crippen molar-refractivity contribution >= 4 is 34.4 Å². The van der Waals surface area contributed by atoms with E-state index in [9.17, 15) is 9.59 Å². The molecule has 0 spiro atoms. The van der Waals surface area contributed by atoms with E-state index in [-0.39, 0.29) is 23.9 Å². The molecule has 4 saturated heterocycles. The maximum atomic E-state index is 12.5. The van der Waals surface area contributed by atoms with E-state index in [1.807, 2.05) is 54.6 Å². The van der Waals surface area contributed by atoms with Crippen LogP contribution in [0, 0.1) is 0 Å². The van der Waals surface area contributed by atoms with Crippen LogP contribution in [0.2, 0.25) is 0 Å². The van der Waals surface area contributed by atoms with Crippen LogP contribution >= 0.6 is 0 Å². The molecule has 10 rings (SSSR count). The highest BCUT2D eigenvalue weighted by molar-refractivity contribution is 6.00. The number of fused-ring (bicyclic) bond motifs is 2. The average Bonchev–Trinajstić information content (AvgIpc) is 3.81. The molecule has 4 fully saturated rings. The first kappa shape index (κ1) is 35.1.